The van der Waals surface area contributed by atoms with Crippen LogP contribution in [0.2, 0.25) is 11.2 Å². The molecule has 166 valence electrons. The Morgan fingerprint density at radius 3 is 1.46 bits per heavy atom. The van der Waals surface area contributed by atoms with Gasteiger partial charge in [-0.25, -0.2) is 0 Å². The molecule has 0 saturated heterocycles. The van der Waals surface area contributed by atoms with Crippen molar-refractivity contribution in [2.75, 3.05) is 52.7 Å². The van der Waals surface area contributed by atoms with Gasteiger partial charge in [0.05, 0.1) is 5.16 Å². The standard InChI is InChI=1S/C20H43NO5Si2/c1-9-16-21(17-10-2)18-19-27(22-11-3,23-12-4)20(8)28(24-13-5,25-14-6)26-15-7/h9-10,20H,1-2,11-19H2,3-8H3. The van der Waals surface area contributed by atoms with Crippen molar-refractivity contribution in [3.63, 3.8) is 0 Å². The second-order valence-electron chi connectivity index (χ2n) is 6.39. The first-order chi connectivity index (χ1) is 13.5. The highest BCUT2D eigenvalue weighted by Gasteiger charge is 2.60. The molecule has 0 aromatic carbocycles. The van der Waals surface area contributed by atoms with Crippen molar-refractivity contribution in [2.45, 2.75) is 52.8 Å². The second kappa shape index (κ2) is 15.5. The van der Waals surface area contributed by atoms with Crippen LogP contribution in [0.15, 0.2) is 25.3 Å². The first-order valence-corrected chi connectivity index (χ1v) is 14.5. The van der Waals surface area contributed by atoms with Gasteiger partial charge < -0.3 is 22.1 Å². The first-order valence-electron chi connectivity index (χ1n) is 10.6. The van der Waals surface area contributed by atoms with Crippen molar-refractivity contribution in [1.29, 1.82) is 0 Å². The molecule has 0 spiro atoms. The van der Waals surface area contributed by atoms with Crippen molar-refractivity contribution < 1.29 is 22.1 Å². The van der Waals surface area contributed by atoms with Gasteiger partial charge >= 0.3 is 17.4 Å². The average Bonchev–Trinajstić information content (AvgIpc) is 2.66. The third-order valence-electron chi connectivity index (χ3n) is 4.56. The van der Waals surface area contributed by atoms with Gasteiger partial charge in [0.2, 0.25) is 0 Å². The first kappa shape index (κ1) is 27.7. The highest BCUT2D eigenvalue weighted by molar-refractivity contribution is 6.85. The van der Waals surface area contributed by atoms with Gasteiger partial charge in [-0.2, -0.15) is 0 Å². The van der Waals surface area contributed by atoms with Gasteiger partial charge in [0.15, 0.2) is 0 Å². The summed E-state index contributed by atoms with van der Waals surface area (Å²) in [5.41, 5.74) is 0. The maximum Gasteiger partial charge on any atom is 0.505 e. The molecule has 0 radical (unpaired) electrons. The van der Waals surface area contributed by atoms with Crippen molar-refractivity contribution in [1.82, 2.24) is 4.90 Å². The van der Waals surface area contributed by atoms with Gasteiger partial charge in [0.25, 0.3) is 0 Å². The van der Waals surface area contributed by atoms with Gasteiger partial charge in [-0.05, 0) is 34.6 Å². The minimum Gasteiger partial charge on any atom is -0.394 e. The lowest BCUT2D eigenvalue weighted by atomic mass is 10.4. The minimum absolute atomic E-state index is 0.0472. The normalized spacial score (nSPS) is 13.7. The average molecular weight is 434 g/mol. The molecule has 8 heteroatoms. The van der Waals surface area contributed by atoms with E-state index < -0.39 is 17.4 Å². The van der Waals surface area contributed by atoms with Crippen LogP contribution in [0.5, 0.6) is 0 Å². The van der Waals surface area contributed by atoms with Gasteiger partial charge in [-0.15, -0.1) is 13.2 Å². The van der Waals surface area contributed by atoms with Gasteiger partial charge in [0.1, 0.15) is 0 Å². The van der Waals surface area contributed by atoms with Gasteiger partial charge in [-0.3, -0.25) is 4.90 Å². The Morgan fingerprint density at radius 2 is 1.14 bits per heavy atom. The lowest BCUT2D eigenvalue weighted by Gasteiger charge is -2.43. The summed E-state index contributed by atoms with van der Waals surface area (Å²) in [6.45, 7) is 25.1. The minimum atomic E-state index is -2.96. The quantitative estimate of drug-likeness (QED) is 0.225. The highest BCUT2D eigenvalue weighted by atomic mass is 28.4. The maximum absolute atomic E-state index is 6.42. The van der Waals surface area contributed by atoms with Crippen LogP contribution >= 0.6 is 0 Å². The fraction of sp³-hybridized carbons (Fsp3) is 0.800. The lowest BCUT2D eigenvalue weighted by Crippen LogP contribution is -2.62. The summed E-state index contributed by atoms with van der Waals surface area (Å²) in [4.78, 5) is 2.29. The van der Waals surface area contributed by atoms with Crippen LogP contribution in [0, 0.1) is 0 Å². The molecule has 28 heavy (non-hydrogen) atoms. The summed E-state index contributed by atoms with van der Waals surface area (Å²) in [6, 6.07) is 0.805. The summed E-state index contributed by atoms with van der Waals surface area (Å²) in [5.74, 6) is 0. The Labute approximate surface area is 175 Å². The monoisotopic (exact) mass is 433 g/mol. The molecule has 6 nitrogen and oxygen atoms in total. The smallest absolute Gasteiger partial charge is 0.394 e. The Kier molecular flexibility index (Phi) is 15.3. The van der Waals surface area contributed by atoms with Crippen LogP contribution in [0.3, 0.4) is 0 Å². The molecule has 1 atom stereocenters. The maximum atomic E-state index is 6.42. The van der Waals surface area contributed by atoms with Gasteiger partial charge in [-0.1, -0.05) is 19.1 Å². The van der Waals surface area contributed by atoms with E-state index in [0.29, 0.717) is 33.0 Å². The molecule has 0 heterocycles. The zero-order chi connectivity index (χ0) is 21.5. The molecule has 0 aromatic rings. The molecular weight excluding hydrogens is 390 g/mol. The van der Waals surface area contributed by atoms with Gasteiger partial charge in [0, 0.05) is 58.7 Å². The Hall–Kier alpha value is -0.326. The Bertz CT molecular complexity index is 392. The highest BCUT2D eigenvalue weighted by Crippen LogP contribution is 2.38. The number of rotatable bonds is 19. The van der Waals surface area contributed by atoms with Crippen molar-refractivity contribution in [3.8, 4) is 0 Å². The zero-order valence-corrected chi connectivity index (χ0v) is 21.0. The van der Waals surface area contributed by atoms with E-state index in [9.17, 15) is 0 Å². The number of hydrogen-bond acceptors (Lipinski definition) is 6. The summed E-state index contributed by atoms with van der Waals surface area (Å²) < 4.78 is 31.4. The predicted molar refractivity (Wildman–Crippen MR) is 121 cm³/mol. The Balaban J connectivity index is 5.89. The van der Waals surface area contributed by atoms with Crippen molar-refractivity contribution >= 4 is 17.4 Å². The largest absolute Gasteiger partial charge is 0.505 e. The van der Waals surface area contributed by atoms with Crippen LogP contribution in [0.1, 0.15) is 41.5 Å². The van der Waals surface area contributed by atoms with Crippen molar-refractivity contribution in [3.05, 3.63) is 25.3 Å². The third kappa shape index (κ3) is 8.19. The summed E-state index contributed by atoms with van der Waals surface area (Å²) >= 11 is 0. The SMILES string of the molecule is C=CCN(CC=C)CC[Si](OCC)(OCC)C(C)[Si](OCC)(OCC)OCC. The summed E-state index contributed by atoms with van der Waals surface area (Å²) in [5, 5.41) is -0.0472. The summed E-state index contributed by atoms with van der Waals surface area (Å²) in [7, 11) is -5.66. The Morgan fingerprint density at radius 1 is 0.750 bits per heavy atom. The molecule has 0 aliphatic rings. The molecule has 0 fully saturated rings. The van der Waals surface area contributed by atoms with E-state index in [0.717, 1.165) is 25.7 Å². The number of nitrogens with zero attached hydrogens (tertiary/aromatic N) is 1. The molecule has 0 rings (SSSR count). The van der Waals surface area contributed by atoms with E-state index in [1.54, 1.807) is 0 Å². The second-order valence-corrected chi connectivity index (χ2v) is 13.5. The van der Waals surface area contributed by atoms with E-state index in [1.807, 2.05) is 46.8 Å². The van der Waals surface area contributed by atoms with E-state index in [1.165, 1.54) is 0 Å². The van der Waals surface area contributed by atoms with E-state index in [-0.39, 0.29) is 5.16 Å². The van der Waals surface area contributed by atoms with E-state index >= 15 is 0 Å². The third-order valence-corrected chi connectivity index (χ3v) is 13.9. The molecule has 0 aliphatic carbocycles. The molecule has 0 aromatic heterocycles. The molecule has 0 saturated carbocycles. The van der Waals surface area contributed by atoms with Crippen LogP contribution < -0.4 is 0 Å². The topological polar surface area (TPSA) is 49.4 Å². The van der Waals surface area contributed by atoms with Crippen molar-refractivity contribution in [2.24, 2.45) is 0 Å². The molecule has 0 bridgehead atoms. The summed E-state index contributed by atoms with van der Waals surface area (Å²) in [6.07, 6.45) is 3.83. The van der Waals surface area contributed by atoms with Crippen LogP contribution in [0.4, 0.5) is 0 Å². The molecule has 0 N–H and O–H groups in total. The molecular formula is C20H43NO5Si2. The fourth-order valence-electron chi connectivity index (χ4n) is 3.45. The van der Waals surface area contributed by atoms with Crippen LogP contribution in [0.25, 0.3) is 0 Å². The predicted octanol–water partition coefficient (Wildman–Crippen LogP) is 4.15. The molecule has 1 unspecified atom stereocenters. The fourth-order valence-corrected chi connectivity index (χ4v) is 12.4. The molecule has 0 aliphatic heterocycles. The van der Waals surface area contributed by atoms with Crippen LogP contribution in [-0.2, 0) is 22.1 Å². The van der Waals surface area contributed by atoms with E-state index in [4.69, 9.17) is 22.1 Å². The number of hydrogen-bond donors (Lipinski definition) is 0. The lowest BCUT2D eigenvalue weighted by molar-refractivity contribution is 0.0606. The zero-order valence-electron chi connectivity index (χ0n) is 19.0. The molecule has 0 amide bonds. The van der Waals surface area contributed by atoms with E-state index in [2.05, 4.69) is 25.0 Å². The van der Waals surface area contributed by atoms with Crippen LogP contribution in [-0.4, -0.2) is 74.9 Å².